The van der Waals surface area contributed by atoms with Crippen molar-refractivity contribution in [1.29, 1.82) is 0 Å². The van der Waals surface area contributed by atoms with Crippen molar-refractivity contribution in [1.82, 2.24) is 19.8 Å². The van der Waals surface area contributed by atoms with Crippen LogP contribution in [0.3, 0.4) is 0 Å². The van der Waals surface area contributed by atoms with Gasteiger partial charge in [-0.2, -0.15) is 0 Å². The van der Waals surface area contributed by atoms with Crippen LogP contribution in [0.4, 0.5) is 0 Å². The smallest absolute Gasteiger partial charge is 0.339 e. The molecule has 1 N–H and O–H groups in total. The highest BCUT2D eigenvalue weighted by molar-refractivity contribution is 6.00. The Morgan fingerprint density at radius 2 is 1.96 bits per heavy atom. The SMILES string of the molecule is CCc1[nH]c(C(=O)N2CCN(Cc3ccccn3)CC2)c(C)c1C(=O)OC. The van der Waals surface area contributed by atoms with Gasteiger partial charge in [-0.1, -0.05) is 13.0 Å². The van der Waals surface area contributed by atoms with Gasteiger partial charge in [0.1, 0.15) is 5.69 Å². The summed E-state index contributed by atoms with van der Waals surface area (Å²) in [6, 6.07) is 5.91. The Kier molecular flexibility index (Phi) is 5.91. The van der Waals surface area contributed by atoms with E-state index in [2.05, 4.69) is 14.9 Å². The lowest BCUT2D eigenvalue weighted by Crippen LogP contribution is -2.48. The van der Waals surface area contributed by atoms with Crippen LogP contribution in [-0.4, -0.2) is 64.9 Å². The summed E-state index contributed by atoms with van der Waals surface area (Å²) in [7, 11) is 1.36. The number of pyridine rings is 1. The number of esters is 1. The van der Waals surface area contributed by atoms with E-state index in [9.17, 15) is 9.59 Å². The number of methoxy groups -OCH3 is 1. The number of rotatable bonds is 5. The van der Waals surface area contributed by atoms with Crippen molar-refractivity contribution in [3.63, 3.8) is 0 Å². The predicted molar refractivity (Wildman–Crippen MR) is 102 cm³/mol. The zero-order chi connectivity index (χ0) is 19.4. The number of ether oxygens (including phenoxy) is 1. The Morgan fingerprint density at radius 3 is 2.56 bits per heavy atom. The fraction of sp³-hybridized carbons (Fsp3) is 0.450. The monoisotopic (exact) mass is 370 g/mol. The van der Waals surface area contributed by atoms with Gasteiger partial charge in [-0.3, -0.25) is 14.7 Å². The number of aryl methyl sites for hydroxylation is 1. The summed E-state index contributed by atoms with van der Waals surface area (Å²) in [4.78, 5) is 36.7. The van der Waals surface area contributed by atoms with E-state index in [0.29, 0.717) is 36.3 Å². The number of amides is 1. The molecule has 0 aliphatic carbocycles. The van der Waals surface area contributed by atoms with E-state index in [0.717, 1.165) is 31.0 Å². The van der Waals surface area contributed by atoms with E-state index in [-0.39, 0.29) is 5.91 Å². The number of H-pyrrole nitrogens is 1. The van der Waals surface area contributed by atoms with Crippen LogP contribution in [0.2, 0.25) is 0 Å². The van der Waals surface area contributed by atoms with Crippen LogP contribution in [-0.2, 0) is 17.7 Å². The highest BCUT2D eigenvalue weighted by Gasteiger charge is 2.28. The lowest BCUT2D eigenvalue weighted by Gasteiger charge is -2.34. The number of nitrogens with zero attached hydrogens (tertiary/aromatic N) is 3. The Morgan fingerprint density at radius 1 is 1.22 bits per heavy atom. The van der Waals surface area contributed by atoms with Gasteiger partial charge in [0.25, 0.3) is 5.91 Å². The second kappa shape index (κ2) is 8.35. The maximum absolute atomic E-state index is 13.0. The summed E-state index contributed by atoms with van der Waals surface area (Å²) in [5, 5.41) is 0. The highest BCUT2D eigenvalue weighted by Crippen LogP contribution is 2.22. The fourth-order valence-electron chi connectivity index (χ4n) is 3.50. The maximum Gasteiger partial charge on any atom is 0.339 e. The first kappa shape index (κ1) is 19.1. The largest absolute Gasteiger partial charge is 0.465 e. The molecule has 0 unspecified atom stereocenters. The number of piperazine rings is 1. The Bertz CT molecular complexity index is 808. The fourth-order valence-corrected chi connectivity index (χ4v) is 3.50. The lowest BCUT2D eigenvalue weighted by atomic mass is 10.1. The standard InChI is InChI=1S/C20H26N4O3/c1-4-16-17(20(26)27-3)14(2)18(22-16)19(25)24-11-9-23(10-12-24)13-15-7-5-6-8-21-15/h5-8,22H,4,9-13H2,1-3H3. The van der Waals surface area contributed by atoms with Crippen LogP contribution in [0.15, 0.2) is 24.4 Å². The first-order valence-electron chi connectivity index (χ1n) is 9.26. The van der Waals surface area contributed by atoms with Crippen molar-refractivity contribution < 1.29 is 14.3 Å². The van der Waals surface area contributed by atoms with Crippen LogP contribution >= 0.6 is 0 Å². The van der Waals surface area contributed by atoms with Gasteiger partial charge in [-0.25, -0.2) is 4.79 Å². The molecule has 1 aliphatic heterocycles. The predicted octanol–water partition coefficient (Wildman–Crippen LogP) is 2.03. The van der Waals surface area contributed by atoms with E-state index >= 15 is 0 Å². The van der Waals surface area contributed by atoms with Crippen LogP contribution < -0.4 is 0 Å². The molecular formula is C20H26N4O3. The average molecular weight is 370 g/mol. The molecule has 0 bridgehead atoms. The van der Waals surface area contributed by atoms with Crippen LogP contribution in [0.1, 0.15) is 44.7 Å². The molecule has 27 heavy (non-hydrogen) atoms. The summed E-state index contributed by atoms with van der Waals surface area (Å²) in [6.45, 7) is 7.43. The minimum atomic E-state index is -0.403. The number of aromatic nitrogens is 2. The number of hydrogen-bond donors (Lipinski definition) is 1. The molecular weight excluding hydrogens is 344 g/mol. The molecule has 7 nitrogen and oxygen atoms in total. The highest BCUT2D eigenvalue weighted by atomic mass is 16.5. The molecule has 2 aromatic rings. The lowest BCUT2D eigenvalue weighted by molar-refractivity contribution is 0.0599. The summed E-state index contributed by atoms with van der Waals surface area (Å²) >= 11 is 0. The quantitative estimate of drug-likeness (QED) is 0.815. The number of carbonyl (C=O) groups excluding carboxylic acids is 2. The molecule has 144 valence electrons. The Labute approximate surface area is 159 Å². The molecule has 1 fully saturated rings. The molecule has 1 aliphatic rings. The van der Waals surface area contributed by atoms with Crippen LogP contribution in [0, 0.1) is 6.92 Å². The molecule has 0 radical (unpaired) electrons. The molecule has 3 rings (SSSR count). The summed E-state index contributed by atoms with van der Waals surface area (Å²) in [5.41, 5.74) is 3.42. The average Bonchev–Trinajstić information content (AvgIpc) is 3.04. The molecule has 0 saturated carbocycles. The zero-order valence-corrected chi connectivity index (χ0v) is 16.1. The van der Waals surface area contributed by atoms with E-state index < -0.39 is 5.97 Å². The number of hydrogen-bond acceptors (Lipinski definition) is 5. The van der Waals surface area contributed by atoms with Gasteiger partial charge in [0.2, 0.25) is 0 Å². The molecule has 2 aromatic heterocycles. The third-order valence-electron chi connectivity index (χ3n) is 5.06. The molecule has 0 aromatic carbocycles. The second-order valence-electron chi connectivity index (χ2n) is 6.71. The zero-order valence-electron chi connectivity index (χ0n) is 16.1. The molecule has 1 saturated heterocycles. The van der Waals surface area contributed by atoms with Gasteiger partial charge >= 0.3 is 5.97 Å². The third kappa shape index (κ3) is 4.03. The first-order valence-corrected chi connectivity index (χ1v) is 9.26. The number of carbonyl (C=O) groups is 2. The Balaban J connectivity index is 1.67. The van der Waals surface area contributed by atoms with Crippen molar-refractivity contribution in [2.45, 2.75) is 26.8 Å². The van der Waals surface area contributed by atoms with Gasteiger partial charge in [-0.05, 0) is 31.0 Å². The van der Waals surface area contributed by atoms with E-state index in [1.165, 1.54) is 7.11 Å². The van der Waals surface area contributed by atoms with E-state index in [1.54, 1.807) is 13.1 Å². The minimum absolute atomic E-state index is 0.0603. The molecule has 0 spiro atoms. The van der Waals surface area contributed by atoms with Gasteiger partial charge in [-0.15, -0.1) is 0 Å². The van der Waals surface area contributed by atoms with Crippen LogP contribution in [0.25, 0.3) is 0 Å². The third-order valence-corrected chi connectivity index (χ3v) is 5.06. The van der Waals surface area contributed by atoms with Gasteiger partial charge < -0.3 is 14.6 Å². The summed E-state index contributed by atoms with van der Waals surface area (Å²) < 4.78 is 4.87. The number of aromatic amines is 1. The van der Waals surface area contributed by atoms with E-state index in [4.69, 9.17) is 4.74 Å². The van der Waals surface area contributed by atoms with Crippen molar-refractivity contribution in [3.05, 3.63) is 52.6 Å². The summed E-state index contributed by atoms with van der Waals surface area (Å²) in [6.07, 6.45) is 2.43. The maximum atomic E-state index is 13.0. The van der Waals surface area contributed by atoms with Crippen molar-refractivity contribution in [2.75, 3.05) is 33.3 Å². The van der Waals surface area contributed by atoms with Gasteiger partial charge in [0.05, 0.1) is 18.4 Å². The Hall–Kier alpha value is -2.67. The molecule has 7 heteroatoms. The van der Waals surface area contributed by atoms with Crippen molar-refractivity contribution >= 4 is 11.9 Å². The molecule has 0 atom stereocenters. The normalized spacial score (nSPS) is 15.0. The van der Waals surface area contributed by atoms with Crippen molar-refractivity contribution in [2.24, 2.45) is 0 Å². The van der Waals surface area contributed by atoms with Crippen LogP contribution in [0.5, 0.6) is 0 Å². The topological polar surface area (TPSA) is 78.5 Å². The van der Waals surface area contributed by atoms with Gasteiger partial charge in [0, 0.05) is 44.6 Å². The van der Waals surface area contributed by atoms with E-state index in [1.807, 2.05) is 30.0 Å². The first-order chi connectivity index (χ1) is 13.0. The second-order valence-corrected chi connectivity index (χ2v) is 6.71. The summed E-state index contributed by atoms with van der Waals surface area (Å²) in [5.74, 6) is -0.463. The minimum Gasteiger partial charge on any atom is -0.465 e. The molecule has 3 heterocycles. The molecule has 1 amide bonds. The van der Waals surface area contributed by atoms with Crippen molar-refractivity contribution in [3.8, 4) is 0 Å². The number of nitrogens with one attached hydrogen (secondary N) is 1. The van der Waals surface area contributed by atoms with Gasteiger partial charge in [0.15, 0.2) is 0 Å².